The molecule has 2 aromatic rings. The van der Waals surface area contributed by atoms with Crippen LogP contribution in [0.25, 0.3) is 0 Å². The van der Waals surface area contributed by atoms with E-state index in [0.29, 0.717) is 23.4 Å². The fourth-order valence-electron chi connectivity index (χ4n) is 1.89. The van der Waals surface area contributed by atoms with Gasteiger partial charge in [-0.15, -0.1) is 10.2 Å². The number of hydrogen-bond acceptors (Lipinski definition) is 4. The van der Waals surface area contributed by atoms with Crippen LogP contribution < -0.4 is 5.32 Å². The largest absolute Gasteiger partial charge is 0.313 e. The Morgan fingerprint density at radius 1 is 1.44 bits per heavy atom. The molecule has 0 spiro atoms. The topological polar surface area (TPSA) is 55.6 Å². The molecule has 96 valence electrons. The van der Waals surface area contributed by atoms with Gasteiger partial charge in [-0.05, 0) is 24.7 Å². The second kappa shape index (κ2) is 5.22. The molecule has 1 N–H and O–H groups in total. The summed E-state index contributed by atoms with van der Waals surface area (Å²) in [5.41, 5.74) is 1.27. The van der Waals surface area contributed by atoms with E-state index in [9.17, 15) is 4.39 Å². The van der Waals surface area contributed by atoms with Crippen molar-refractivity contribution in [1.82, 2.24) is 25.5 Å². The molecule has 0 aliphatic heterocycles. The van der Waals surface area contributed by atoms with Crippen molar-refractivity contribution in [1.29, 1.82) is 0 Å². The van der Waals surface area contributed by atoms with Crippen LogP contribution >= 0.6 is 0 Å². The lowest BCUT2D eigenvalue weighted by Crippen LogP contribution is -2.21. The van der Waals surface area contributed by atoms with Crippen molar-refractivity contribution in [2.45, 2.75) is 19.4 Å². The van der Waals surface area contributed by atoms with E-state index in [-0.39, 0.29) is 11.9 Å². The van der Waals surface area contributed by atoms with Crippen molar-refractivity contribution >= 4 is 0 Å². The highest BCUT2D eigenvalue weighted by molar-refractivity contribution is 5.28. The minimum absolute atomic E-state index is 0.158. The molecule has 0 amide bonds. The van der Waals surface area contributed by atoms with E-state index in [0.717, 1.165) is 0 Å². The molecule has 0 aliphatic carbocycles. The smallest absolute Gasteiger partial charge is 0.176 e. The van der Waals surface area contributed by atoms with Crippen LogP contribution in [0.15, 0.2) is 18.2 Å². The third-order valence-corrected chi connectivity index (χ3v) is 2.88. The van der Waals surface area contributed by atoms with Gasteiger partial charge in [-0.1, -0.05) is 18.2 Å². The molecular formula is C12H16FN5. The molecule has 6 heteroatoms. The molecule has 0 saturated carbocycles. The van der Waals surface area contributed by atoms with E-state index in [1.54, 1.807) is 33.2 Å². The summed E-state index contributed by atoms with van der Waals surface area (Å²) in [4.78, 5) is 1.40. The number of rotatable bonds is 4. The lowest BCUT2D eigenvalue weighted by Gasteiger charge is -2.16. The van der Waals surface area contributed by atoms with Crippen LogP contribution in [0.4, 0.5) is 4.39 Å². The Balaban J connectivity index is 2.25. The van der Waals surface area contributed by atoms with Gasteiger partial charge in [0.1, 0.15) is 5.82 Å². The van der Waals surface area contributed by atoms with Gasteiger partial charge >= 0.3 is 0 Å². The number of hydrogen-bond donors (Lipinski definition) is 1. The zero-order chi connectivity index (χ0) is 13.1. The van der Waals surface area contributed by atoms with Crippen molar-refractivity contribution in [3.05, 3.63) is 41.0 Å². The van der Waals surface area contributed by atoms with Crippen molar-refractivity contribution in [3.8, 4) is 0 Å². The summed E-state index contributed by atoms with van der Waals surface area (Å²) >= 11 is 0. The van der Waals surface area contributed by atoms with Crippen LogP contribution in [-0.2, 0) is 13.5 Å². The fraction of sp³-hybridized carbons (Fsp3) is 0.417. The quantitative estimate of drug-likeness (QED) is 0.883. The molecule has 1 heterocycles. The monoisotopic (exact) mass is 249 g/mol. The molecule has 0 fully saturated rings. The maximum Gasteiger partial charge on any atom is 0.176 e. The SMILES string of the molecule is CNC(Cc1nnn(C)n1)c1cccc(C)c1F. The first-order chi connectivity index (χ1) is 8.61. The molecule has 2 rings (SSSR count). The Kier molecular flexibility index (Phi) is 3.66. The molecule has 1 aromatic heterocycles. The minimum Gasteiger partial charge on any atom is -0.313 e. The summed E-state index contributed by atoms with van der Waals surface area (Å²) in [6, 6.07) is 5.22. The molecule has 5 nitrogen and oxygen atoms in total. The van der Waals surface area contributed by atoms with Crippen LogP contribution in [0.3, 0.4) is 0 Å². The summed E-state index contributed by atoms with van der Waals surface area (Å²) in [6.07, 6.45) is 0.505. The van der Waals surface area contributed by atoms with Crippen molar-refractivity contribution in [3.63, 3.8) is 0 Å². The number of aromatic nitrogens is 4. The van der Waals surface area contributed by atoms with Crippen molar-refractivity contribution in [2.24, 2.45) is 7.05 Å². The Bertz CT molecular complexity index is 537. The van der Waals surface area contributed by atoms with Crippen molar-refractivity contribution < 1.29 is 4.39 Å². The van der Waals surface area contributed by atoms with E-state index in [4.69, 9.17) is 0 Å². The van der Waals surface area contributed by atoms with Crippen LogP contribution in [0.1, 0.15) is 23.0 Å². The normalized spacial score (nSPS) is 12.7. The average Bonchev–Trinajstić information content (AvgIpc) is 2.76. The Hall–Kier alpha value is -1.82. The third-order valence-electron chi connectivity index (χ3n) is 2.88. The first kappa shape index (κ1) is 12.6. The number of benzene rings is 1. The zero-order valence-electron chi connectivity index (χ0n) is 10.7. The van der Waals surface area contributed by atoms with Gasteiger partial charge in [-0.25, -0.2) is 4.39 Å². The number of aryl methyl sites for hydroxylation is 2. The number of nitrogens with one attached hydrogen (secondary N) is 1. The highest BCUT2D eigenvalue weighted by Crippen LogP contribution is 2.21. The van der Waals surface area contributed by atoms with Gasteiger partial charge < -0.3 is 5.32 Å². The second-order valence-corrected chi connectivity index (χ2v) is 4.22. The van der Waals surface area contributed by atoms with Crippen LogP contribution in [-0.4, -0.2) is 27.3 Å². The van der Waals surface area contributed by atoms with E-state index in [1.807, 2.05) is 6.07 Å². The Morgan fingerprint density at radius 2 is 2.22 bits per heavy atom. The summed E-state index contributed by atoms with van der Waals surface area (Å²) in [5, 5.41) is 14.9. The fourth-order valence-corrected chi connectivity index (χ4v) is 1.89. The minimum atomic E-state index is -0.180. The maximum absolute atomic E-state index is 14.0. The van der Waals surface area contributed by atoms with Gasteiger partial charge in [0, 0.05) is 18.0 Å². The average molecular weight is 249 g/mol. The summed E-state index contributed by atoms with van der Waals surface area (Å²) in [5.74, 6) is 0.415. The number of tetrazole rings is 1. The molecule has 0 bridgehead atoms. The molecule has 1 aromatic carbocycles. The number of likely N-dealkylation sites (N-methyl/N-ethyl adjacent to an activating group) is 1. The first-order valence-corrected chi connectivity index (χ1v) is 5.77. The number of halogens is 1. The molecule has 0 saturated heterocycles. The molecule has 1 atom stereocenters. The first-order valence-electron chi connectivity index (χ1n) is 5.77. The van der Waals surface area contributed by atoms with Gasteiger partial charge in [0.05, 0.1) is 7.05 Å². The number of nitrogens with zero attached hydrogens (tertiary/aromatic N) is 4. The molecule has 0 aliphatic rings. The van der Waals surface area contributed by atoms with Crippen LogP contribution in [0.2, 0.25) is 0 Å². The lowest BCUT2D eigenvalue weighted by atomic mass is 10.0. The molecule has 18 heavy (non-hydrogen) atoms. The highest BCUT2D eigenvalue weighted by atomic mass is 19.1. The summed E-state index contributed by atoms with van der Waals surface area (Å²) in [7, 11) is 3.50. The zero-order valence-corrected chi connectivity index (χ0v) is 10.7. The Labute approximate surface area is 105 Å². The molecular weight excluding hydrogens is 233 g/mol. The van der Waals surface area contributed by atoms with Crippen molar-refractivity contribution in [2.75, 3.05) is 7.05 Å². The standard InChI is InChI=1S/C12H16FN5/c1-8-5-4-6-9(12(8)13)10(14-2)7-11-15-17-18(3)16-11/h4-6,10,14H,7H2,1-3H3. The highest BCUT2D eigenvalue weighted by Gasteiger charge is 2.17. The van der Waals surface area contributed by atoms with Gasteiger partial charge in [-0.3, -0.25) is 0 Å². The van der Waals surface area contributed by atoms with E-state index >= 15 is 0 Å². The molecule has 0 radical (unpaired) electrons. The lowest BCUT2D eigenvalue weighted by molar-refractivity contribution is 0.520. The third kappa shape index (κ3) is 2.53. The van der Waals surface area contributed by atoms with Gasteiger partial charge in [0.2, 0.25) is 0 Å². The van der Waals surface area contributed by atoms with Gasteiger partial charge in [0.15, 0.2) is 5.82 Å². The van der Waals surface area contributed by atoms with Crippen LogP contribution in [0.5, 0.6) is 0 Å². The van der Waals surface area contributed by atoms with Crippen LogP contribution in [0, 0.1) is 12.7 Å². The van der Waals surface area contributed by atoms with Gasteiger partial charge in [-0.2, -0.15) is 4.80 Å². The van der Waals surface area contributed by atoms with Gasteiger partial charge in [0.25, 0.3) is 0 Å². The summed E-state index contributed by atoms with van der Waals surface area (Å²) in [6.45, 7) is 1.76. The molecule has 1 unspecified atom stereocenters. The van der Waals surface area contributed by atoms with E-state index in [2.05, 4.69) is 20.7 Å². The second-order valence-electron chi connectivity index (χ2n) is 4.22. The van der Waals surface area contributed by atoms with E-state index in [1.165, 1.54) is 4.80 Å². The van der Waals surface area contributed by atoms with E-state index < -0.39 is 0 Å². The predicted octanol–water partition coefficient (Wildman–Crippen LogP) is 1.16. The Morgan fingerprint density at radius 3 is 2.83 bits per heavy atom. The maximum atomic E-state index is 14.0. The predicted molar refractivity (Wildman–Crippen MR) is 65.4 cm³/mol. The summed E-state index contributed by atoms with van der Waals surface area (Å²) < 4.78 is 14.0.